The van der Waals surface area contributed by atoms with E-state index in [2.05, 4.69) is 24.5 Å². The Labute approximate surface area is 186 Å². The largest absolute Gasteiger partial charge is 0.357 e. The number of piperidine rings is 1. The molecule has 3 rings (SSSR count). The standard InChI is InChI=1S/C22H26N4O2S2/c1-5-9-26-21(28)18(30-22(26)29)12-16-15(4)17(13-23)20(27)25(6-2)19(16)24-10-7-14(3)8-11-24/h5,12,14H,1,6-11H2,2-4H3. The van der Waals surface area contributed by atoms with Crippen LogP contribution in [0, 0.1) is 24.2 Å². The van der Waals surface area contributed by atoms with Gasteiger partial charge < -0.3 is 4.90 Å². The van der Waals surface area contributed by atoms with Crippen molar-refractivity contribution in [1.82, 2.24) is 9.47 Å². The van der Waals surface area contributed by atoms with E-state index in [1.807, 2.05) is 6.92 Å². The third kappa shape index (κ3) is 3.96. The molecule has 2 saturated heterocycles. The van der Waals surface area contributed by atoms with Crippen LogP contribution in [0.2, 0.25) is 0 Å². The van der Waals surface area contributed by atoms with Gasteiger partial charge >= 0.3 is 0 Å². The molecule has 2 fully saturated rings. The van der Waals surface area contributed by atoms with Gasteiger partial charge in [0.25, 0.3) is 11.5 Å². The van der Waals surface area contributed by atoms with Gasteiger partial charge in [-0.15, -0.1) is 6.58 Å². The highest BCUT2D eigenvalue weighted by Gasteiger charge is 2.32. The summed E-state index contributed by atoms with van der Waals surface area (Å²) in [5.74, 6) is 1.26. The molecule has 0 bridgehead atoms. The van der Waals surface area contributed by atoms with Gasteiger partial charge in [-0.05, 0) is 44.2 Å². The molecule has 1 aromatic rings. The molecule has 6 nitrogen and oxygen atoms in total. The van der Waals surface area contributed by atoms with Crippen LogP contribution in [0.3, 0.4) is 0 Å². The van der Waals surface area contributed by atoms with Crippen LogP contribution in [-0.4, -0.2) is 39.3 Å². The van der Waals surface area contributed by atoms with E-state index in [4.69, 9.17) is 12.2 Å². The third-order valence-corrected chi connectivity index (χ3v) is 7.08. The summed E-state index contributed by atoms with van der Waals surface area (Å²) in [6.45, 7) is 12.1. The van der Waals surface area contributed by atoms with Crippen molar-refractivity contribution in [2.75, 3.05) is 24.5 Å². The van der Waals surface area contributed by atoms with Crippen LogP contribution in [0.1, 0.15) is 43.4 Å². The number of amides is 1. The highest BCUT2D eigenvalue weighted by Crippen LogP contribution is 2.36. The average molecular weight is 443 g/mol. The van der Waals surface area contributed by atoms with Crippen LogP contribution in [0.4, 0.5) is 5.82 Å². The number of thioether (sulfide) groups is 1. The monoisotopic (exact) mass is 442 g/mol. The lowest BCUT2D eigenvalue weighted by molar-refractivity contribution is -0.121. The zero-order chi connectivity index (χ0) is 22.0. The molecule has 0 aliphatic carbocycles. The van der Waals surface area contributed by atoms with Crippen LogP contribution in [-0.2, 0) is 11.3 Å². The van der Waals surface area contributed by atoms with Crippen LogP contribution < -0.4 is 10.5 Å². The lowest BCUT2D eigenvalue weighted by Crippen LogP contribution is -2.39. The number of pyridine rings is 1. The van der Waals surface area contributed by atoms with E-state index in [9.17, 15) is 14.9 Å². The molecule has 0 N–H and O–H groups in total. The molecule has 1 aromatic heterocycles. The van der Waals surface area contributed by atoms with Gasteiger partial charge in [0.2, 0.25) is 0 Å². The summed E-state index contributed by atoms with van der Waals surface area (Å²) in [7, 11) is 0. The zero-order valence-corrected chi connectivity index (χ0v) is 19.2. The molecule has 0 saturated carbocycles. The SMILES string of the molecule is C=CCN1C(=O)C(=Cc2c(C)c(C#N)c(=O)n(CC)c2N2CCC(C)CC2)SC1=S. The first-order valence-corrected chi connectivity index (χ1v) is 11.3. The number of hydrogen-bond acceptors (Lipinski definition) is 6. The van der Waals surface area contributed by atoms with Crippen molar-refractivity contribution in [3.8, 4) is 6.07 Å². The Morgan fingerprint density at radius 2 is 2.00 bits per heavy atom. The quantitative estimate of drug-likeness (QED) is 0.394. The fourth-order valence-corrected chi connectivity index (χ4v) is 5.17. The highest BCUT2D eigenvalue weighted by atomic mass is 32.2. The minimum absolute atomic E-state index is 0.124. The van der Waals surface area contributed by atoms with Crippen molar-refractivity contribution in [3.63, 3.8) is 0 Å². The van der Waals surface area contributed by atoms with E-state index in [0.29, 0.717) is 33.8 Å². The van der Waals surface area contributed by atoms with Crippen molar-refractivity contribution < 1.29 is 4.79 Å². The third-order valence-electron chi connectivity index (χ3n) is 5.71. The normalized spacial score (nSPS) is 18.9. The number of aromatic nitrogens is 1. The van der Waals surface area contributed by atoms with Crippen LogP contribution in [0.25, 0.3) is 6.08 Å². The number of thiocarbonyl (C=S) groups is 1. The fourth-order valence-electron chi connectivity index (χ4n) is 3.92. The van der Waals surface area contributed by atoms with Crippen molar-refractivity contribution in [2.45, 2.75) is 40.2 Å². The van der Waals surface area contributed by atoms with E-state index in [1.165, 1.54) is 16.7 Å². The molecule has 3 heterocycles. The number of nitrogens with zero attached hydrogens (tertiary/aromatic N) is 4. The molecule has 0 radical (unpaired) electrons. The fraction of sp³-hybridized carbons (Fsp3) is 0.455. The Morgan fingerprint density at radius 1 is 1.33 bits per heavy atom. The molecule has 2 aliphatic rings. The van der Waals surface area contributed by atoms with Gasteiger partial charge in [0.15, 0.2) is 0 Å². The van der Waals surface area contributed by atoms with Gasteiger partial charge in [0.05, 0.1) is 4.91 Å². The molecule has 0 aromatic carbocycles. The molecule has 0 atom stereocenters. The Hall–Kier alpha value is -2.37. The second kappa shape index (κ2) is 9.19. The maximum atomic E-state index is 13.0. The lowest BCUT2D eigenvalue weighted by Gasteiger charge is -2.35. The van der Waals surface area contributed by atoms with E-state index in [0.717, 1.165) is 37.3 Å². The van der Waals surface area contributed by atoms with Gasteiger partial charge in [-0.2, -0.15) is 5.26 Å². The Bertz CT molecular complexity index is 1030. The maximum Gasteiger partial charge on any atom is 0.270 e. The van der Waals surface area contributed by atoms with Crippen LogP contribution in [0.5, 0.6) is 0 Å². The number of hydrogen-bond donors (Lipinski definition) is 0. The summed E-state index contributed by atoms with van der Waals surface area (Å²) in [5, 5.41) is 9.64. The molecule has 0 spiro atoms. The smallest absolute Gasteiger partial charge is 0.270 e. The zero-order valence-electron chi connectivity index (χ0n) is 17.6. The predicted octanol–water partition coefficient (Wildman–Crippen LogP) is 3.67. The maximum absolute atomic E-state index is 13.0. The molecular weight excluding hydrogens is 416 g/mol. The molecule has 1 amide bonds. The summed E-state index contributed by atoms with van der Waals surface area (Å²) in [5.41, 5.74) is 1.21. The van der Waals surface area contributed by atoms with E-state index < -0.39 is 0 Å². The highest BCUT2D eigenvalue weighted by molar-refractivity contribution is 8.26. The van der Waals surface area contributed by atoms with Crippen molar-refractivity contribution in [1.29, 1.82) is 5.26 Å². The Balaban J connectivity index is 2.21. The molecule has 158 valence electrons. The van der Waals surface area contributed by atoms with Crippen LogP contribution >= 0.6 is 24.0 Å². The van der Waals surface area contributed by atoms with E-state index >= 15 is 0 Å². The summed E-state index contributed by atoms with van der Waals surface area (Å²) >= 11 is 6.60. The number of nitriles is 1. The van der Waals surface area contributed by atoms with Crippen molar-refractivity contribution >= 4 is 46.1 Å². The second-order valence-corrected chi connectivity index (χ2v) is 9.32. The van der Waals surface area contributed by atoms with E-state index in [-0.39, 0.29) is 17.0 Å². The molecule has 2 aliphatic heterocycles. The number of rotatable bonds is 5. The van der Waals surface area contributed by atoms with Gasteiger partial charge in [-0.25, -0.2) is 0 Å². The minimum Gasteiger partial charge on any atom is -0.357 e. The van der Waals surface area contributed by atoms with Crippen LogP contribution in [0.15, 0.2) is 22.4 Å². The molecule has 30 heavy (non-hydrogen) atoms. The van der Waals surface area contributed by atoms with E-state index in [1.54, 1.807) is 23.6 Å². The summed E-state index contributed by atoms with van der Waals surface area (Å²) < 4.78 is 2.15. The van der Waals surface area contributed by atoms with Gasteiger partial charge in [0.1, 0.15) is 21.8 Å². The molecule has 8 heteroatoms. The van der Waals surface area contributed by atoms with Crippen molar-refractivity contribution in [3.05, 3.63) is 44.6 Å². The summed E-state index contributed by atoms with van der Waals surface area (Å²) in [6, 6.07) is 2.07. The summed E-state index contributed by atoms with van der Waals surface area (Å²) in [6.07, 6.45) is 5.53. The lowest BCUT2D eigenvalue weighted by atomic mass is 9.97. The summed E-state index contributed by atoms with van der Waals surface area (Å²) in [4.78, 5) is 30.1. The Kier molecular flexibility index (Phi) is 6.84. The second-order valence-electron chi connectivity index (χ2n) is 7.65. The van der Waals surface area contributed by atoms with Gasteiger partial charge in [-0.3, -0.25) is 19.1 Å². The molecule has 0 unspecified atom stereocenters. The van der Waals surface area contributed by atoms with Gasteiger partial charge in [0, 0.05) is 31.7 Å². The first kappa shape index (κ1) is 22.3. The minimum atomic E-state index is -0.275. The predicted molar refractivity (Wildman–Crippen MR) is 127 cm³/mol. The number of carbonyl (C=O) groups is 1. The molecular formula is C22H26N4O2S2. The topological polar surface area (TPSA) is 69.3 Å². The number of anilines is 1. The first-order valence-electron chi connectivity index (χ1n) is 10.1. The average Bonchev–Trinajstić information content (AvgIpc) is 2.98. The Morgan fingerprint density at radius 3 is 2.57 bits per heavy atom. The van der Waals surface area contributed by atoms with Crippen molar-refractivity contribution in [2.24, 2.45) is 5.92 Å². The number of carbonyl (C=O) groups excluding carboxylic acids is 1. The first-order chi connectivity index (χ1) is 14.3. The van der Waals surface area contributed by atoms with Gasteiger partial charge in [-0.1, -0.05) is 37.0 Å².